The van der Waals surface area contributed by atoms with Crippen molar-refractivity contribution >= 4 is 40.7 Å². The lowest BCUT2D eigenvalue weighted by Crippen LogP contribution is -2.42. The Labute approximate surface area is 210 Å². The highest BCUT2D eigenvalue weighted by Crippen LogP contribution is 2.38. The lowest BCUT2D eigenvalue weighted by atomic mass is 9.83. The van der Waals surface area contributed by atoms with Crippen LogP contribution < -0.4 is 35.7 Å². The molecule has 1 atom stereocenters. The highest BCUT2D eigenvalue weighted by molar-refractivity contribution is 7.07. The molecule has 10 heteroatoms. The van der Waals surface area contributed by atoms with Gasteiger partial charge in [0.15, 0.2) is 0 Å². The zero-order valence-electron chi connectivity index (χ0n) is 19.9. The highest BCUT2D eigenvalue weighted by Gasteiger charge is 2.38. The molecule has 186 valence electrons. The van der Waals surface area contributed by atoms with Crippen LogP contribution in [-0.4, -0.2) is 37.3 Å². The van der Waals surface area contributed by atoms with Gasteiger partial charge in [-0.3, -0.25) is 14.2 Å². The maximum Gasteiger partial charge on any atom is 0.338 e. The zero-order valence-corrected chi connectivity index (χ0v) is 20.8. The van der Waals surface area contributed by atoms with E-state index in [2.05, 4.69) is 0 Å². The first kappa shape index (κ1) is 24.8. The number of primary amides is 1. The summed E-state index contributed by atoms with van der Waals surface area (Å²) in [5.41, 5.74) is 13.1. The number of thiazole rings is 1. The minimum absolute atomic E-state index is 0.0424. The number of amides is 1. The second kappa shape index (κ2) is 10.1. The number of hydrogen-bond acceptors (Lipinski definition) is 8. The fourth-order valence-electron chi connectivity index (χ4n) is 4.13. The smallest absolute Gasteiger partial charge is 0.338 e. The molecule has 1 amide bonds. The second-order valence-electron chi connectivity index (χ2n) is 7.84. The van der Waals surface area contributed by atoms with Crippen LogP contribution in [0.4, 0.5) is 0 Å². The molecule has 1 aliphatic rings. The van der Waals surface area contributed by atoms with Crippen LogP contribution in [0.3, 0.4) is 0 Å². The van der Waals surface area contributed by atoms with Gasteiger partial charge in [0.05, 0.1) is 42.4 Å². The predicted octanol–water partition coefficient (Wildman–Crippen LogP) is 0.880. The van der Waals surface area contributed by atoms with Crippen LogP contribution >= 0.6 is 11.3 Å². The molecule has 1 aromatic heterocycles. The predicted molar refractivity (Wildman–Crippen MR) is 137 cm³/mol. The minimum Gasteiger partial charge on any atom is -0.497 e. The Morgan fingerprint density at radius 3 is 2.36 bits per heavy atom. The number of nitrogens with zero attached hydrogens (tertiary/aromatic N) is 1. The van der Waals surface area contributed by atoms with Gasteiger partial charge in [-0.1, -0.05) is 24.3 Å². The molecule has 0 aliphatic carbocycles. The van der Waals surface area contributed by atoms with E-state index in [0.717, 1.165) is 15.9 Å². The lowest BCUT2D eigenvalue weighted by molar-refractivity contribution is -0.138. The molecule has 4 N–H and O–H groups in total. The number of aromatic nitrogens is 1. The summed E-state index contributed by atoms with van der Waals surface area (Å²) in [5, 5.41) is 0. The van der Waals surface area contributed by atoms with E-state index in [1.807, 2.05) is 6.07 Å². The van der Waals surface area contributed by atoms with Gasteiger partial charge in [0.2, 0.25) is 5.91 Å². The summed E-state index contributed by atoms with van der Waals surface area (Å²) >= 11 is 1.06. The number of benzene rings is 2. The van der Waals surface area contributed by atoms with Crippen molar-refractivity contribution in [3.05, 3.63) is 84.8 Å². The van der Waals surface area contributed by atoms with Gasteiger partial charge in [0, 0.05) is 0 Å². The third-order valence-electron chi connectivity index (χ3n) is 5.73. The number of carbonyl (C=O) groups is 2. The fourth-order valence-corrected chi connectivity index (χ4v) is 5.32. The standard InChI is InChI=1S/C26H25N3O6S/c1-4-35-26(32)20-19(15-8-6-10-17(13-15)34-3)21(23(28)30)25-29(22(20)27)24(31)18(36-25)12-14-7-5-9-16(11-14)33-2/h5-13,19H,4,27H2,1-3H3,(H2,28,30)/b18-12-/t19-/m0/s1. The summed E-state index contributed by atoms with van der Waals surface area (Å²) in [6.45, 7) is 1.73. The van der Waals surface area contributed by atoms with Gasteiger partial charge >= 0.3 is 5.97 Å². The molecule has 36 heavy (non-hydrogen) atoms. The molecule has 0 bridgehead atoms. The number of carbonyl (C=O) groups excluding carboxylic acids is 2. The van der Waals surface area contributed by atoms with E-state index >= 15 is 0 Å². The van der Waals surface area contributed by atoms with Crippen LogP contribution in [0.2, 0.25) is 0 Å². The molecule has 0 radical (unpaired) electrons. The van der Waals surface area contributed by atoms with E-state index in [1.165, 1.54) is 7.11 Å². The summed E-state index contributed by atoms with van der Waals surface area (Å²) in [5.74, 6) is -1.48. The molecule has 0 spiro atoms. The Kier molecular flexibility index (Phi) is 6.98. The highest BCUT2D eigenvalue weighted by atomic mass is 32.1. The number of fused-ring (bicyclic) bond motifs is 1. The topological polar surface area (TPSA) is 136 Å². The SMILES string of the molecule is CCOC(=O)C1=C(N)n2c(s/c(=C\c3cccc(OC)c3)c2=O)=C(C(N)=O)[C@H]1c1cccc(OC)c1. The molecular formula is C26H25N3O6S. The number of rotatable bonds is 7. The average molecular weight is 508 g/mol. The Morgan fingerprint density at radius 2 is 1.72 bits per heavy atom. The number of esters is 1. The number of methoxy groups -OCH3 is 2. The van der Waals surface area contributed by atoms with Crippen LogP contribution in [0.5, 0.6) is 11.5 Å². The maximum atomic E-state index is 13.5. The Hall–Kier alpha value is -4.31. The summed E-state index contributed by atoms with van der Waals surface area (Å²) in [6, 6.07) is 14.0. The van der Waals surface area contributed by atoms with Crippen molar-refractivity contribution in [3.8, 4) is 11.5 Å². The Bertz CT molecular complexity index is 1570. The van der Waals surface area contributed by atoms with Crippen molar-refractivity contribution in [2.75, 3.05) is 20.8 Å². The third-order valence-corrected chi connectivity index (χ3v) is 6.84. The molecule has 9 nitrogen and oxygen atoms in total. The van der Waals surface area contributed by atoms with Crippen molar-refractivity contribution in [2.45, 2.75) is 12.8 Å². The van der Waals surface area contributed by atoms with Crippen molar-refractivity contribution in [1.82, 2.24) is 4.57 Å². The van der Waals surface area contributed by atoms with E-state index in [1.54, 1.807) is 62.6 Å². The minimum atomic E-state index is -0.959. The zero-order chi connectivity index (χ0) is 26.0. The summed E-state index contributed by atoms with van der Waals surface area (Å²) in [6.07, 6.45) is 1.66. The van der Waals surface area contributed by atoms with Crippen LogP contribution in [0.25, 0.3) is 17.5 Å². The summed E-state index contributed by atoms with van der Waals surface area (Å²) < 4.78 is 17.6. The normalized spacial score (nSPS) is 15.5. The largest absolute Gasteiger partial charge is 0.497 e. The van der Waals surface area contributed by atoms with Crippen molar-refractivity contribution in [3.63, 3.8) is 0 Å². The molecule has 2 aromatic carbocycles. The van der Waals surface area contributed by atoms with E-state index in [9.17, 15) is 14.4 Å². The number of hydrogen-bond donors (Lipinski definition) is 2. The van der Waals surface area contributed by atoms with Gasteiger partial charge in [-0.15, -0.1) is 11.3 Å². The fraction of sp³-hybridized carbons (Fsp3) is 0.192. The van der Waals surface area contributed by atoms with E-state index in [4.69, 9.17) is 25.7 Å². The van der Waals surface area contributed by atoms with Gasteiger partial charge in [-0.25, -0.2) is 4.79 Å². The van der Waals surface area contributed by atoms with Gasteiger partial charge < -0.3 is 25.7 Å². The lowest BCUT2D eigenvalue weighted by Gasteiger charge is -2.26. The molecular weight excluding hydrogens is 482 g/mol. The first-order valence-corrected chi connectivity index (χ1v) is 11.8. The van der Waals surface area contributed by atoms with Gasteiger partial charge in [0.25, 0.3) is 5.56 Å². The molecule has 0 saturated heterocycles. The quantitative estimate of drug-likeness (QED) is 0.453. The summed E-state index contributed by atoms with van der Waals surface area (Å²) in [4.78, 5) is 39.4. The third kappa shape index (κ3) is 4.38. The van der Waals surface area contributed by atoms with E-state index in [0.29, 0.717) is 27.2 Å². The Morgan fingerprint density at radius 1 is 1.06 bits per heavy atom. The van der Waals surface area contributed by atoms with Crippen LogP contribution in [0.15, 0.2) is 58.9 Å². The van der Waals surface area contributed by atoms with Crippen molar-refractivity contribution in [2.24, 2.45) is 11.5 Å². The summed E-state index contributed by atoms with van der Waals surface area (Å²) in [7, 11) is 3.06. The maximum absolute atomic E-state index is 13.5. The molecule has 1 aliphatic heterocycles. The molecule has 2 heterocycles. The first-order valence-electron chi connectivity index (χ1n) is 11.0. The van der Waals surface area contributed by atoms with Gasteiger partial charge in [-0.2, -0.15) is 0 Å². The number of nitrogens with two attached hydrogens (primary N) is 2. The van der Waals surface area contributed by atoms with E-state index in [-0.39, 0.29) is 28.2 Å². The van der Waals surface area contributed by atoms with Gasteiger partial charge in [0.1, 0.15) is 22.0 Å². The Balaban J connectivity index is 2.08. The first-order chi connectivity index (χ1) is 17.3. The monoisotopic (exact) mass is 507 g/mol. The molecule has 0 fully saturated rings. The second-order valence-corrected chi connectivity index (χ2v) is 8.87. The van der Waals surface area contributed by atoms with Crippen LogP contribution in [0, 0.1) is 0 Å². The van der Waals surface area contributed by atoms with Crippen molar-refractivity contribution < 1.29 is 23.8 Å². The van der Waals surface area contributed by atoms with Crippen molar-refractivity contribution in [1.29, 1.82) is 0 Å². The molecule has 4 rings (SSSR count). The average Bonchev–Trinajstić information content (AvgIpc) is 3.19. The van der Waals surface area contributed by atoms with Crippen LogP contribution in [-0.2, 0) is 14.3 Å². The molecule has 3 aromatic rings. The van der Waals surface area contributed by atoms with Crippen LogP contribution in [0.1, 0.15) is 24.0 Å². The number of ether oxygens (including phenoxy) is 3. The molecule has 0 unspecified atom stereocenters. The molecule has 0 saturated carbocycles. The van der Waals surface area contributed by atoms with E-state index < -0.39 is 23.4 Å². The van der Waals surface area contributed by atoms with Gasteiger partial charge in [-0.05, 0) is 48.4 Å².